The molecule has 0 radical (unpaired) electrons. The summed E-state index contributed by atoms with van der Waals surface area (Å²) in [7, 11) is 0. The van der Waals surface area contributed by atoms with Crippen molar-refractivity contribution in [1.82, 2.24) is 0 Å². The van der Waals surface area contributed by atoms with Crippen LogP contribution in [0.3, 0.4) is 0 Å². The number of rotatable bonds is 7. The first-order valence-electron chi connectivity index (χ1n) is 11.6. The molecule has 8 heteroatoms. The molecule has 184 valence electrons. The van der Waals surface area contributed by atoms with Crippen molar-refractivity contribution in [1.29, 1.82) is 0 Å². The normalized spacial score (nSPS) is 13.6. The van der Waals surface area contributed by atoms with Crippen molar-refractivity contribution in [2.24, 2.45) is 5.10 Å². The van der Waals surface area contributed by atoms with Crippen LogP contribution in [0.1, 0.15) is 21.5 Å². The lowest BCUT2D eigenvalue weighted by Gasteiger charge is -2.17. The van der Waals surface area contributed by atoms with Crippen LogP contribution in [-0.2, 0) is 11.2 Å². The van der Waals surface area contributed by atoms with Crippen LogP contribution in [0.5, 0.6) is 5.75 Å². The van der Waals surface area contributed by atoms with E-state index in [1.165, 1.54) is 18.2 Å². The van der Waals surface area contributed by atoms with Gasteiger partial charge in [0.15, 0.2) is 5.71 Å². The Balaban J connectivity index is 1.42. The third-order valence-electron chi connectivity index (χ3n) is 6.20. The maximum absolute atomic E-state index is 14.1. The number of benzene rings is 4. The number of phenols is 1. The fraction of sp³-hybridized carbons (Fsp3) is 0.0690. The highest BCUT2D eigenvalue weighted by atomic mass is 19.1. The number of halogens is 1. The Morgan fingerprint density at radius 3 is 2.46 bits per heavy atom. The zero-order valence-corrected chi connectivity index (χ0v) is 19.6. The van der Waals surface area contributed by atoms with E-state index in [2.05, 4.69) is 10.5 Å². The molecular formula is C29H22FN3O4. The van der Waals surface area contributed by atoms with Gasteiger partial charge in [0, 0.05) is 17.7 Å². The molecule has 7 nitrogen and oxygen atoms in total. The molecular weight excluding hydrogens is 473 g/mol. The van der Waals surface area contributed by atoms with Gasteiger partial charge in [0.2, 0.25) is 0 Å². The SMILES string of the molecule is O=C(O)c1cccc(-c2cccc(N/N=C3\C(=O)N(CCc4ccccc4F)c4ccccc43)c2O)c1. The Labute approximate surface area is 212 Å². The Morgan fingerprint density at radius 1 is 0.919 bits per heavy atom. The van der Waals surface area contributed by atoms with Gasteiger partial charge in [-0.2, -0.15) is 5.10 Å². The number of fused-ring (bicyclic) bond motifs is 1. The van der Waals surface area contributed by atoms with E-state index in [-0.39, 0.29) is 41.0 Å². The summed E-state index contributed by atoms with van der Waals surface area (Å²) in [5.74, 6) is -1.86. The molecule has 1 aliphatic rings. The highest BCUT2D eigenvalue weighted by Crippen LogP contribution is 2.36. The van der Waals surface area contributed by atoms with E-state index in [0.717, 1.165) is 0 Å². The molecule has 1 amide bonds. The zero-order chi connectivity index (χ0) is 25.9. The monoisotopic (exact) mass is 495 g/mol. The molecule has 0 atom stereocenters. The van der Waals surface area contributed by atoms with Gasteiger partial charge in [-0.25, -0.2) is 9.18 Å². The summed E-state index contributed by atoms with van der Waals surface area (Å²) in [6, 6.07) is 24.9. The lowest BCUT2D eigenvalue weighted by atomic mass is 10.0. The second-order valence-electron chi connectivity index (χ2n) is 8.48. The fourth-order valence-electron chi connectivity index (χ4n) is 4.33. The Kier molecular flexibility index (Phi) is 6.38. The van der Waals surface area contributed by atoms with E-state index >= 15 is 0 Å². The van der Waals surface area contributed by atoms with Crippen LogP contribution in [0.15, 0.2) is 96.1 Å². The summed E-state index contributed by atoms with van der Waals surface area (Å²) in [5, 5.41) is 24.5. The molecule has 0 saturated carbocycles. The van der Waals surface area contributed by atoms with E-state index in [4.69, 9.17) is 0 Å². The maximum atomic E-state index is 14.1. The lowest BCUT2D eigenvalue weighted by Crippen LogP contribution is -2.32. The van der Waals surface area contributed by atoms with E-state index in [9.17, 15) is 24.2 Å². The van der Waals surface area contributed by atoms with Crippen LogP contribution in [0.25, 0.3) is 11.1 Å². The van der Waals surface area contributed by atoms with E-state index in [1.54, 1.807) is 65.6 Å². The fourth-order valence-corrected chi connectivity index (χ4v) is 4.33. The van der Waals surface area contributed by atoms with Gasteiger partial charge in [0.05, 0.1) is 16.9 Å². The molecule has 0 fully saturated rings. The molecule has 0 saturated heterocycles. The number of carbonyl (C=O) groups excluding carboxylic acids is 1. The van der Waals surface area contributed by atoms with Crippen molar-refractivity contribution in [3.05, 3.63) is 114 Å². The average Bonchev–Trinajstić information content (AvgIpc) is 3.18. The molecule has 0 bridgehead atoms. The van der Waals surface area contributed by atoms with E-state index in [1.807, 2.05) is 12.1 Å². The van der Waals surface area contributed by atoms with Gasteiger partial charge in [-0.15, -0.1) is 0 Å². The molecule has 0 aliphatic carbocycles. The van der Waals surface area contributed by atoms with Gasteiger partial charge in [-0.3, -0.25) is 10.2 Å². The summed E-state index contributed by atoms with van der Waals surface area (Å²) in [5.41, 5.74) is 6.06. The second kappa shape index (κ2) is 9.94. The number of phenolic OH excluding ortho intramolecular Hbond substituents is 1. The van der Waals surface area contributed by atoms with Gasteiger partial charge in [0.25, 0.3) is 5.91 Å². The number of aromatic hydroxyl groups is 1. The number of nitrogens with zero attached hydrogens (tertiary/aromatic N) is 2. The first-order valence-corrected chi connectivity index (χ1v) is 11.6. The number of hydrazone groups is 1. The minimum Gasteiger partial charge on any atom is -0.505 e. The van der Waals surface area contributed by atoms with E-state index in [0.29, 0.717) is 34.4 Å². The van der Waals surface area contributed by atoms with Crippen LogP contribution >= 0.6 is 0 Å². The molecule has 4 aromatic rings. The molecule has 5 rings (SSSR count). The summed E-state index contributed by atoms with van der Waals surface area (Å²) < 4.78 is 14.1. The van der Waals surface area contributed by atoms with Gasteiger partial charge in [-0.1, -0.05) is 60.7 Å². The number of carboxylic acid groups (broad SMARTS) is 1. The quantitative estimate of drug-likeness (QED) is 0.239. The molecule has 3 N–H and O–H groups in total. The molecule has 0 spiro atoms. The standard InChI is InChI=1S/C29H22FN3O4/c30-23-12-3-1-7-18(23)15-16-33-25-14-4-2-10-22(25)26(28(33)35)32-31-24-13-6-11-21(27(24)34)19-8-5-9-20(17-19)29(36)37/h1-14,17,31,34H,15-16H2,(H,36,37)/b32-26-. The molecule has 37 heavy (non-hydrogen) atoms. The molecule has 1 heterocycles. The summed E-state index contributed by atoms with van der Waals surface area (Å²) in [6.45, 7) is 0.274. The molecule has 0 unspecified atom stereocenters. The summed E-state index contributed by atoms with van der Waals surface area (Å²) >= 11 is 0. The van der Waals surface area contributed by atoms with Crippen molar-refractivity contribution in [3.63, 3.8) is 0 Å². The number of nitrogens with one attached hydrogen (secondary N) is 1. The highest BCUT2D eigenvalue weighted by molar-refractivity contribution is 6.54. The smallest absolute Gasteiger partial charge is 0.335 e. The number of amides is 1. The number of carbonyl (C=O) groups is 2. The molecule has 4 aromatic carbocycles. The van der Waals surface area contributed by atoms with Gasteiger partial charge < -0.3 is 15.1 Å². The number of aromatic carboxylic acids is 1. The first kappa shape index (κ1) is 23.7. The highest BCUT2D eigenvalue weighted by Gasteiger charge is 2.33. The van der Waals surface area contributed by atoms with Crippen LogP contribution < -0.4 is 10.3 Å². The third kappa shape index (κ3) is 4.64. The zero-order valence-electron chi connectivity index (χ0n) is 19.6. The summed E-state index contributed by atoms with van der Waals surface area (Å²) in [4.78, 5) is 26.2. The van der Waals surface area contributed by atoms with Gasteiger partial charge >= 0.3 is 5.97 Å². The molecule has 0 aromatic heterocycles. The second-order valence-corrected chi connectivity index (χ2v) is 8.48. The van der Waals surface area contributed by atoms with Crippen molar-refractivity contribution in [3.8, 4) is 16.9 Å². The van der Waals surface area contributed by atoms with Crippen molar-refractivity contribution in [2.45, 2.75) is 6.42 Å². The minimum atomic E-state index is -1.07. The largest absolute Gasteiger partial charge is 0.505 e. The number of hydrogen-bond donors (Lipinski definition) is 3. The minimum absolute atomic E-state index is 0.0964. The molecule has 1 aliphatic heterocycles. The van der Waals surface area contributed by atoms with Crippen molar-refractivity contribution < 1.29 is 24.2 Å². The Morgan fingerprint density at radius 2 is 1.65 bits per heavy atom. The number of carboxylic acids is 1. The first-order chi connectivity index (χ1) is 17.9. The Bertz CT molecular complexity index is 1550. The van der Waals surface area contributed by atoms with Crippen molar-refractivity contribution in [2.75, 3.05) is 16.9 Å². The van der Waals surface area contributed by atoms with Crippen LogP contribution in [-0.4, -0.2) is 34.3 Å². The van der Waals surface area contributed by atoms with Crippen LogP contribution in [0, 0.1) is 5.82 Å². The number of para-hydroxylation sites is 2. The summed E-state index contributed by atoms with van der Waals surface area (Å²) in [6.07, 6.45) is 0.339. The van der Waals surface area contributed by atoms with Crippen LogP contribution in [0.4, 0.5) is 15.8 Å². The number of anilines is 2. The predicted octanol–water partition coefficient (Wildman–Crippen LogP) is 5.30. The van der Waals surface area contributed by atoms with E-state index < -0.39 is 5.97 Å². The van der Waals surface area contributed by atoms with Gasteiger partial charge in [-0.05, 0) is 47.9 Å². The van der Waals surface area contributed by atoms with Crippen molar-refractivity contribution >= 4 is 29.0 Å². The van der Waals surface area contributed by atoms with Gasteiger partial charge in [0.1, 0.15) is 11.6 Å². The number of hydrogen-bond acceptors (Lipinski definition) is 5. The lowest BCUT2D eigenvalue weighted by molar-refractivity contribution is -0.112. The average molecular weight is 496 g/mol. The predicted molar refractivity (Wildman–Crippen MR) is 140 cm³/mol. The third-order valence-corrected chi connectivity index (χ3v) is 6.20. The topological polar surface area (TPSA) is 102 Å². The van der Waals surface area contributed by atoms with Crippen LogP contribution in [0.2, 0.25) is 0 Å². The maximum Gasteiger partial charge on any atom is 0.335 e. The Hall–Kier alpha value is -4.98.